The highest BCUT2D eigenvalue weighted by Gasteiger charge is 2.32. The Morgan fingerprint density at radius 1 is 1.42 bits per heavy atom. The molecule has 0 atom stereocenters. The van der Waals surface area contributed by atoms with E-state index in [0.717, 1.165) is 12.8 Å². The van der Waals surface area contributed by atoms with Crippen LogP contribution in [0.15, 0.2) is 23.1 Å². The van der Waals surface area contributed by atoms with Crippen molar-refractivity contribution in [2.24, 2.45) is 0 Å². The normalized spacial score (nSPS) is 15.3. The highest BCUT2D eigenvalue weighted by atomic mass is 32.2. The van der Waals surface area contributed by atoms with Gasteiger partial charge in [0.2, 0.25) is 5.91 Å². The molecule has 1 aromatic rings. The average Bonchev–Trinajstić information content (AvgIpc) is 3.15. The molecule has 0 aliphatic heterocycles. The number of aryl methyl sites for hydroxylation is 1. The molecule has 0 aromatic heterocycles. The van der Waals surface area contributed by atoms with Crippen molar-refractivity contribution in [3.63, 3.8) is 0 Å². The largest absolute Gasteiger partial charge is 0.399 e. The number of hydrogen-bond donors (Lipinski definition) is 1. The highest BCUT2D eigenvalue weighted by Crippen LogP contribution is 2.26. The quantitative estimate of drug-likeness (QED) is 0.834. The topological polar surface area (TPSA) is 80.5 Å². The molecule has 1 aliphatic carbocycles. The minimum Gasteiger partial charge on any atom is -0.399 e. The third-order valence-corrected chi connectivity index (χ3v) is 5.00. The van der Waals surface area contributed by atoms with Gasteiger partial charge in [0.25, 0.3) is 0 Å². The van der Waals surface area contributed by atoms with Crippen molar-refractivity contribution in [1.29, 1.82) is 0 Å². The summed E-state index contributed by atoms with van der Waals surface area (Å²) >= 11 is 0. The zero-order chi connectivity index (χ0) is 14.2. The van der Waals surface area contributed by atoms with Gasteiger partial charge >= 0.3 is 0 Å². The van der Waals surface area contributed by atoms with Gasteiger partial charge < -0.3 is 10.6 Å². The maximum atomic E-state index is 12.2. The molecule has 2 N–H and O–H groups in total. The van der Waals surface area contributed by atoms with Crippen molar-refractivity contribution in [3.8, 4) is 0 Å². The fourth-order valence-electron chi connectivity index (χ4n) is 1.85. The van der Waals surface area contributed by atoms with Crippen LogP contribution in [-0.4, -0.2) is 38.1 Å². The molecule has 0 saturated heterocycles. The molecule has 1 aliphatic rings. The number of anilines is 1. The van der Waals surface area contributed by atoms with Crippen molar-refractivity contribution < 1.29 is 13.2 Å². The van der Waals surface area contributed by atoms with Crippen molar-refractivity contribution in [3.05, 3.63) is 23.8 Å². The second-order valence-electron chi connectivity index (χ2n) is 5.01. The van der Waals surface area contributed by atoms with Crippen LogP contribution in [0, 0.1) is 6.92 Å². The number of nitrogens with zero attached hydrogens (tertiary/aromatic N) is 1. The predicted octanol–water partition coefficient (Wildman–Crippen LogP) is 0.972. The Balaban J connectivity index is 2.17. The van der Waals surface area contributed by atoms with Crippen molar-refractivity contribution in [2.45, 2.75) is 30.7 Å². The average molecular weight is 282 g/mol. The lowest BCUT2D eigenvalue weighted by Gasteiger charge is -2.16. The van der Waals surface area contributed by atoms with Crippen LogP contribution in [-0.2, 0) is 14.6 Å². The number of carbonyl (C=O) groups excluding carboxylic acids is 1. The number of nitrogens with two attached hydrogens (primary N) is 1. The number of rotatable bonds is 4. The van der Waals surface area contributed by atoms with E-state index in [4.69, 9.17) is 5.73 Å². The van der Waals surface area contributed by atoms with E-state index in [9.17, 15) is 13.2 Å². The van der Waals surface area contributed by atoms with Crippen molar-refractivity contribution >= 4 is 21.4 Å². The maximum absolute atomic E-state index is 12.2. The molecule has 0 heterocycles. The molecule has 0 radical (unpaired) electrons. The molecule has 1 saturated carbocycles. The van der Waals surface area contributed by atoms with E-state index >= 15 is 0 Å². The molecule has 0 bridgehead atoms. The first-order chi connectivity index (χ1) is 8.81. The van der Waals surface area contributed by atoms with Gasteiger partial charge in [0.15, 0.2) is 9.84 Å². The zero-order valence-electron chi connectivity index (χ0n) is 11.1. The van der Waals surface area contributed by atoms with E-state index in [1.807, 2.05) is 0 Å². The van der Waals surface area contributed by atoms with E-state index < -0.39 is 15.6 Å². The van der Waals surface area contributed by atoms with Crippen LogP contribution in [0.5, 0.6) is 0 Å². The molecule has 19 heavy (non-hydrogen) atoms. The predicted molar refractivity (Wildman–Crippen MR) is 73.4 cm³/mol. The van der Waals surface area contributed by atoms with E-state index in [2.05, 4.69) is 0 Å². The van der Waals surface area contributed by atoms with Crippen LogP contribution in [0.3, 0.4) is 0 Å². The SMILES string of the molecule is Cc1cc(S(=O)(=O)CC(=O)N(C)C2CC2)ccc1N. The van der Waals surface area contributed by atoms with Crippen molar-refractivity contribution in [1.82, 2.24) is 4.90 Å². The van der Waals surface area contributed by atoms with Crippen LogP contribution < -0.4 is 5.73 Å². The summed E-state index contributed by atoms with van der Waals surface area (Å²) in [4.78, 5) is 13.6. The molecule has 5 nitrogen and oxygen atoms in total. The van der Waals surface area contributed by atoms with Crippen LogP contribution >= 0.6 is 0 Å². The second-order valence-corrected chi connectivity index (χ2v) is 7.00. The van der Waals surface area contributed by atoms with Gasteiger partial charge in [-0.1, -0.05) is 0 Å². The van der Waals surface area contributed by atoms with Crippen LogP contribution in [0.2, 0.25) is 0 Å². The summed E-state index contributed by atoms with van der Waals surface area (Å²) in [5, 5.41) is 0. The molecule has 1 amide bonds. The van der Waals surface area contributed by atoms with E-state index in [1.54, 1.807) is 20.0 Å². The minimum absolute atomic E-state index is 0.150. The lowest BCUT2D eigenvalue weighted by molar-refractivity contribution is -0.127. The Kier molecular flexibility index (Phi) is 3.54. The van der Waals surface area contributed by atoms with E-state index in [-0.39, 0.29) is 16.8 Å². The lowest BCUT2D eigenvalue weighted by atomic mass is 10.2. The lowest BCUT2D eigenvalue weighted by Crippen LogP contribution is -2.34. The third kappa shape index (κ3) is 3.07. The van der Waals surface area contributed by atoms with E-state index in [0.29, 0.717) is 11.3 Å². The molecule has 104 valence electrons. The first kappa shape index (κ1) is 13.9. The van der Waals surface area contributed by atoms with Gasteiger partial charge in [0.05, 0.1) is 4.90 Å². The molecule has 0 unspecified atom stereocenters. The summed E-state index contributed by atoms with van der Waals surface area (Å²) in [6.45, 7) is 1.74. The molecule has 0 spiro atoms. The summed E-state index contributed by atoms with van der Waals surface area (Å²) in [7, 11) is -1.94. The summed E-state index contributed by atoms with van der Waals surface area (Å²) in [6, 6.07) is 4.73. The second kappa shape index (κ2) is 4.85. The Hall–Kier alpha value is -1.56. The Morgan fingerprint density at radius 3 is 2.58 bits per heavy atom. The molecular formula is C13H18N2O3S. The van der Waals surface area contributed by atoms with Crippen LogP contribution in [0.25, 0.3) is 0 Å². The number of nitrogen functional groups attached to an aromatic ring is 1. The summed E-state index contributed by atoms with van der Waals surface area (Å²) in [5.41, 5.74) is 6.90. The molecule has 6 heteroatoms. The van der Waals surface area contributed by atoms with Gasteiger partial charge in [-0.3, -0.25) is 4.79 Å². The Labute approximate surface area is 113 Å². The maximum Gasteiger partial charge on any atom is 0.238 e. The smallest absolute Gasteiger partial charge is 0.238 e. The first-order valence-electron chi connectivity index (χ1n) is 6.16. The molecular weight excluding hydrogens is 264 g/mol. The first-order valence-corrected chi connectivity index (χ1v) is 7.81. The highest BCUT2D eigenvalue weighted by molar-refractivity contribution is 7.92. The van der Waals surface area contributed by atoms with Gasteiger partial charge in [-0.15, -0.1) is 0 Å². The summed E-state index contributed by atoms with van der Waals surface area (Å²) in [6.07, 6.45) is 1.92. The van der Waals surface area contributed by atoms with Crippen LogP contribution in [0.4, 0.5) is 5.69 Å². The molecule has 1 aromatic carbocycles. The standard InChI is InChI=1S/C13H18N2O3S/c1-9-7-11(5-6-12(9)14)19(17,18)8-13(16)15(2)10-3-4-10/h5-7,10H,3-4,8,14H2,1-2H3. The van der Waals surface area contributed by atoms with E-state index in [1.165, 1.54) is 17.0 Å². The van der Waals surface area contributed by atoms with Gasteiger partial charge in [-0.25, -0.2) is 8.42 Å². The fourth-order valence-corrected chi connectivity index (χ4v) is 3.18. The number of amides is 1. The monoisotopic (exact) mass is 282 g/mol. The number of carbonyl (C=O) groups is 1. The molecule has 1 fully saturated rings. The summed E-state index contributed by atoms with van der Waals surface area (Å²) in [5.74, 6) is -0.833. The van der Waals surface area contributed by atoms with Gasteiger partial charge in [-0.2, -0.15) is 0 Å². The zero-order valence-corrected chi connectivity index (χ0v) is 11.9. The fraction of sp³-hybridized carbons (Fsp3) is 0.462. The Morgan fingerprint density at radius 2 is 2.05 bits per heavy atom. The van der Waals surface area contributed by atoms with Crippen molar-refractivity contribution in [2.75, 3.05) is 18.5 Å². The minimum atomic E-state index is -3.60. The Bertz CT molecular complexity index is 606. The van der Waals surface area contributed by atoms with Gasteiger partial charge in [-0.05, 0) is 43.5 Å². The van der Waals surface area contributed by atoms with Crippen LogP contribution in [0.1, 0.15) is 18.4 Å². The third-order valence-electron chi connectivity index (χ3n) is 3.40. The number of sulfone groups is 1. The summed E-state index contributed by atoms with van der Waals surface area (Å²) < 4.78 is 24.3. The van der Waals surface area contributed by atoms with Gasteiger partial charge in [0.1, 0.15) is 5.75 Å². The number of hydrogen-bond acceptors (Lipinski definition) is 4. The molecule has 2 rings (SSSR count). The number of benzene rings is 1. The van der Waals surface area contributed by atoms with Gasteiger partial charge in [0, 0.05) is 18.8 Å².